The van der Waals surface area contributed by atoms with E-state index in [0.29, 0.717) is 23.7 Å². The molecule has 0 saturated carbocycles. The molecular weight excluding hydrogens is 294 g/mol. The molecule has 2 aromatic rings. The minimum atomic E-state index is -0.456. The van der Waals surface area contributed by atoms with Gasteiger partial charge in [-0.15, -0.1) is 0 Å². The zero-order valence-electron chi connectivity index (χ0n) is 13.5. The second-order valence-electron chi connectivity index (χ2n) is 5.76. The molecule has 0 aliphatic carbocycles. The molecule has 7 heteroatoms. The van der Waals surface area contributed by atoms with Gasteiger partial charge in [0, 0.05) is 17.8 Å². The van der Waals surface area contributed by atoms with Gasteiger partial charge in [0.25, 0.3) is 0 Å². The Morgan fingerprint density at radius 2 is 1.70 bits per heavy atom. The highest BCUT2D eigenvalue weighted by atomic mass is 16.2. The summed E-state index contributed by atoms with van der Waals surface area (Å²) in [5.41, 5.74) is 1.36. The van der Waals surface area contributed by atoms with Crippen LogP contribution in [0.4, 0.5) is 11.4 Å². The van der Waals surface area contributed by atoms with E-state index in [1.807, 2.05) is 13.8 Å². The fourth-order valence-electron chi connectivity index (χ4n) is 2.00. The minimum absolute atomic E-state index is 0.0170. The first-order valence-electron chi connectivity index (χ1n) is 7.50. The third-order valence-corrected chi connectivity index (χ3v) is 3.24. The van der Waals surface area contributed by atoms with Gasteiger partial charge in [0.1, 0.15) is 18.7 Å². The second-order valence-corrected chi connectivity index (χ2v) is 5.76. The summed E-state index contributed by atoms with van der Waals surface area (Å²) in [6, 6.07) is 6.55. The zero-order valence-corrected chi connectivity index (χ0v) is 13.5. The molecule has 1 heterocycles. The lowest BCUT2D eigenvalue weighted by atomic mass is 10.1. The summed E-state index contributed by atoms with van der Waals surface area (Å²) in [6.07, 6.45) is 3.37. The van der Waals surface area contributed by atoms with Crippen LogP contribution in [0.25, 0.3) is 0 Å². The SMILES string of the molecule is CC(C)CC(=O)Nc1ccc(NC(=O)C(C)n2cncn2)cc1. The quantitative estimate of drug-likeness (QED) is 0.857. The van der Waals surface area contributed by atoms with Crippen LogP contribution in [0.1, 0.15) is 33.2 Å². The van der Waals surface area contributed by atoms with Gasteiger partial charge in [-0.1, -0.05) is 13.8 Å². The molecule has 1 unspecified atom stereocenters. The maximum Gasteiger partial charge on any atom is 0.249 e. The van der Waals surface area contributed by atoms with Crippen molar-refractivity contribution in [1.82, 2.24) is 14.8 Å². The Balaban J connectivity index is 1.92. The van der Waals surface area contributed by atoms with Crippen LogP contribution in [0.5, 0.6) is 0 Å². The van der Waals surface area contributed by atoms with Crippen LogP contribution >= 0.6 is 0 Å². The Labute approximate surface area is 135 Å². The van der Waals surface area contributed by atoms with Crippen molar-refractivity contribution in [3.8, 4) is 0 Å². The highest BCUT2D eigenvalue weighted by Gasteiger charge is 2.15. The van der Waals surface area contributed by atoms with E-state index in [0.717, 1.165) is 0 Å². The lowest BCUT2D eigenvalue weighted by molar-refractivity contribution is -0.119. The normalized spacial score (nSPS) is 12.0. The summed E-state index contributed by atoms with van der Waals surface area (Å²) in [6.45, 7) is 5.73. The predicted molar refractivity (Wildman–Crippen MR) is 87.9 cm³/mol. The molecule has 2 rings (SSSR count). The fourth-order valence-corrected chi connectivity index (χ4v) is 2.00. The molecule has 0 saturated heterocycles. The maximum atomic E-state index is 12.1. The molecule has 0 spiro atoms. The highest BCUT2D eigenvalue weighted by Crippen LogP contribution is 2.16. The van der Waals surface area contributed by atoms with Crippen molar-refractivity contribution in [2.45, 2.75) is 33.2 Å². The Hall–Kier alpha value is -2.70. The molecule has 0 fully saturated rings. The number of nitrogens with zero attached hydrogens (tertiary/aromatic N) is 3. The zero-order chi connectivity index (χ0) is 16.8. The number of anilines is 2. The van der Waals surface area contributed by atoms with Crippen molar-refractivity contribution in [1.29, 1.82) is 0 Å². The van der Waals surface area contributed by atoms with Gasteiger partial charge in [-0.2, -0.15) is 5.10 Å². The Kier molecular flexibility index (Phi) is 5.46. The van der Waals surface area contributed by atoms with Gasteiger partial charge in [-0.25, -0.2) is 9.67 Å². The van der Waals surface area contributed by atoms with E-state index in [1.54, 1.807) is 31.2 Å². The molecule has 0 bridgehead atoms. The Morgan fingerprint density at radius 3 is 2.22 bits per heavy atom. The lowest BCUT2D eigenvalue weighted by Gasteiger charge is -2.12. The van der Waals surface area contributed by atoms with Crippen LogP contribution in [0, 0.1) is 5.92 Å². The molecule has 1 atom stereocenters. The summed E-state index contributed by atoms with van der Waals surface area (Å²) >= 11 is 0. The monoisotopic (exact) mass is 315 g/mol. The van der Waals surface area contributed by atoms with Crippen LogP contribution in [0.15, 0.2) is 36.9 Å². The topological polar surface area (TPSA) is 88.9 Å². The molecule has 1 aromatic carbocycles. The number of rotatable bonds is 6. The predicted octanol–water partition coefficient (Wildman–Crippen LogP) is 2.46. The summed E-state index contributed by atoms with van der Waals surface area (Å²) in [4.78, 5) is 27.7. The largest absolute Gasteiger partial charge is 0.326 e. The number of hydrogen-bond donors (Lipinski definition) is 2. The smallest absolute Gasteiger partial charge is 0.249 e. The summed E-state index contributed by atoms with van der Waals surface area (Å²) in [5, 5.41) is 9.57. The van der Waals surface area contributed by atoms with Crippen LogP contribution in [0.3, 0.4) is 0 Å². The van der Waals surface area contributed by atoms with E-state index in [2.05, 4.69) is 20.7 Å². The maximum absolute atomic E-state index is 12.1. The summed E-state index contributed by atoms with van der Waals surface area (Å²) < 4.78 is 1.48. The first kappa shape index (κ1) is 16.7. The van der Waals surface area contributed by atoms with E-state index in [9.17, 15) is 9.59 Å². The number of amides is 2. The average molecular weight is 315 g/mol. The minimum Gasteiger partial charge on any atom is -0.326 e. The van der Waals surface area contributed by atoms with Gasteiger partial charge in [0.2, 0.25) is 11.8 Å². The van der Waals surface area contributed by atoms with Crippen molar-refractivity contribution in [2.24, 2.45) is 5.92 Å². The van der Waals surface area contributed by atoms with Gasteiger partial charge in [0.05, 0.1) is 0 Å². The van der Waals surface area contributed by atoms with Crippen LogP contribution in [-0.4, -0.2) is 26.6 Å². The molecule has 0 aliphatic heterocycles. The highest BCUT2D eigenvalue weighted by molar-refractivity contribution is 5.94. The van der Waals surface area contributed by atoms with E-state index in [1.165, 1.54) is 17.3 Å². The average Bonchev–Trinajstić information content (AvgIpc) is 3.01. The van der Waals surface area contributed by atoms with Gasteiger partial charge >= 0.3 is 0 Å². The molecule has 2 N–H and O–H groups in total. The molecule has 0 aliphatic rings. The van der Waals surface area contributed by atoms with Gasteiger partial charge in [-0.3, -0.25) is 9.59 Å². The molecule has 23 heavy (non-hydrogen) atoms. The van der Waals surface area contributed by atoms with Crippen LogP contribution < -0.4 is 10.6 Å². The van der Waals surface area contributed by atoms with E-state index >= 15 is 0 Å². The second kappa shape index (κ2) is 7.53. The summed E-state index contributed by atoms with van der Waals surface area (Å²) in [7, 11) is 0. The number of nitrogens with one attached hydrogen (secondary N) is 2. The van der Waals surface area contributed by atoms with E-state index < -0.39 is 6.04 Å². The fraction of sp³-hybridized carbons (Fsp3) is 0.375. The van der Waals surface area contributed by atoms with Gasteiger partial charge < -0.3 is 10.6 Å². The summed E-state index contributed by atoms with van der Waals surface area (Å²) in [5.74, 6) is 0.107. The van der Waals surface area contributed by atoms with Gasteiger partial charge in [-0.05, 0) is 37.1 Å². The third kappa shape index (κ3) is 4.91. The van der Waals surface area contributed by atoms with Crippen molar-refractivity contribution < 1.29 is 9.59 Å². The molecule has 1 aromatic heterocycles. The first-order chi connectivity index (χ1) is 11.0. The molecular formula is C16H21N5O2. The lowest BCUT2D eigenvalue weighted by Crippen LogP contribution is -2.24. The molecule has 122 valence electrons. The number of aromatic nitrogens is 3. The van der Waals surface area contributed by atoms with E-state index in [-0.39, 0.29) is 11.8 Å². The van der Waals surface area contributed by atoms with Crippen molar-refractivity contribution in [2.75, 3.05) is 10.6 Å². The van der Waals surface area contributed by atoms with E-state index in [4.69, 9.17) is 0 Å². The Bertz CT molecular complexity index is 650. The first-order valence-corrected chi connectivity index (χ1v) is 7.50. The standard InChI is InChI=1S/C16H21N5O2/c1-11(2)8-15(22)19-13-4-6-14(7-5-13)20-16(23)12(3)21-10-17-9-18-21/h4-7,9-12H,8H2,1-3H3,(H,19,22)(H,20,23). The number of hydrogen-bond acceptors (Lipinski definition) is 4. The van der Waals surface area contributed by atoms with Crippen molar-refractivity contribution in [3.05, 3.63) is 36.9 Å². The number of carbonyl (C=O) groups excluding carboxylic acids is 2. The third-order valence-electron chi connectivity index (χ3n) is 3.24. The molecule has 0 radical (unpaired) electrons. The van der Waals surface area contributed by atoms with Gasteiger partial charge in [0.15, 0.2) is 0 Å². The van der Waals surface area contributed by atoms with Crippen molar-refractivity contribution in [3.63, 3.8) is 0 Å². The van der Waals surface area contributed by atoms with Crippen LogP contribution in [0.2, 0.25) is 0 Å². The molecule has 7 nitrogen and oxygen atoms in total. The van der Waals surface area contributed by atoms with Crippen molar-refractivity contribution >= 4 is 23.2 Å². The van der Waals surface area contributed by atoms with Crippen LogP contribution in [-0.2, 0) is 9.59 Å². The molecule has 2 amide bonds. The number of benzene rings is 1. The Morgan fingerprint density at radius 1 is 1.09 bits per heavy atom. The number of carbonyl (C=O) groups is 2.